The van der Waals surface area contributed by atoms with Gasteiger partial charge in [0.2, 0.25) is 10.0 Å². The summed E-state index contributed by atoms with van der Waals surface area (Å²) in [7, 11) is 0.228. The molecule has 7 heteroatoms. The van der Waals surface area contributed by atoms with Crippen LogP contribution in [0.1, 0.15) is 25.5 Å². The van der Waals surface area contributed by atoms with E-state index in [1.54, 1.807) is 12.3 Å². The molecule has 20 heavy (non-hydrogen) atoms. The first-order chi connectivity index (χ1) is 9.42. The summed E-state index contributed by atoms with van der Waals surface area (Å²) in [4.78, 5) is 0.324. The van der Waals surface area contributed by atoms with Crippen molar-refractivity contribution < 1.29 is 13.2 Å². The smallest absolute Gasteiger partial charge is 0.242 e. The van der Waals surface area contributed by atoms with Crippen molar-refractivity contribution in [2.75, 3.05) is 13.7 Å². The highest BCUT2D eigenvalue weighted by molar-refractivity contribution is 7.89. The van der Waals surface area contributed by atoms with Crippen LogP contribution in [0.3, 0.4) is 0 Å². The van der Waals surface area contributed by atoms with Crippen LogP contribution < -0.4 is 10.0 Å². The Morgan fingerprint density at radius 1 is 1.50 bits per heavy atom. The Kier molecular flexibility index (Phi) is 4.85. The molecule has 0 bridgehead atoms. The third-order valence-corrected chi connectivity index (χ3v) is 5.05. The van der Waals surface area contributed by atoms with Gasteiger partial charge in [-0.3, -0.25) is 0 Å². The predicted octanol–water partition coefficient (Wildman–Crippen LogP) is 0.590. The molecule has 0 saturated carbocycles. The van der Waals surface area contributed by atoms with Crippen LogP contribution in [0.25, 0.3) is 0 Å². The van der Waals surface area contributed by atoms with Crippen LogP contribution in [0.2, 0.25) is 0 Å². The summed E-state index contributed by atoms with van der Waals surface area (Å²) in [5.74, 6) is 0. The number of nitrogens with zero attached hydrogens (tertiary/aromatic N) is 1. The minimum absolute atomic E-state index is 0.0447. The molecule has 0 aromatic carbocycles. The lowest BCUT2D eigenvalue weighted by atomic mass is 10.1. The van der Waals surface area contributed by atoms with Crippen molar-refractivity contribution in [2.24, 2.45) is 7.05 Å². The highest BCUT2D eigenvalue weighted by atomic mass is 32.2. The standard InChI is InChI=1S/C13H23N3O3S/c1-10-6-11(4-5-19-10)15-20(17,18)13-7-12(8-14-2)16(3)9-13/h7,9-11,14-15H,4-6,8H2,1-3H3. The van der Waals surface area contributed by atoms with Gasteiger partial charge in [-0.05, 0) is 32.9 Å². The minimum Gasteiger partial charge on any atom is -0.378 e. The molecule has 2 atom stereocenters. The number of hydrogen-bond donors (Lipinski definition) is 2. The second-order valence-electron chi connectivity index (χ2n) is 5.33. The molecule has 6 nitrogen and oxygen atoms in total. The van der Waals surface area contributed by atoms with E-state index in [-0.39, 0.29) is 12.1 Å². The van der Waals surface area contributed by atoms with E-state index in [1.165, 1.54) is 0 Å². The highest BCUT2D eigenvalue weighted by Crippen LogP contribution is 2.18. The van der Waals surface area contributed by atoms with Crippen molar-refractivity contribution in [1.82, 2.24) is 14.6 Å². The summed E-state index contributed by atoms with van der Waals surface area (Å²) >= 11 is 0. The van der Waals surface area contributed by atoms with E-state index in [0.29, 0.717) is 18.0 Å². The van der Waals surface area contributed by atoms with Crippen LogP contribution in [0.5, 0.6) is 0 Å². The molecule has 1 fully saturated rings. The zero-order chi connectivity index (χ0) is 14.8. The lowest BCUT2D eigenvalue weighted by molar-refractivity contribution is 0.0173. The Labute approximate surface area is 120 Å². The van der Waals surface area contributed by atoms with Gasteiger partial charge in [0, 0.05) is 38.1 Å². The van der Waals surface area contributed by atoms with Crippen LogP contribution in [0, 0.1) is 0 Å². The van der Waals surface area contributed by atoms with Gasteiger partial charge in [0.15, 0.2) is 0 Å². The zero-order valence-corrected chi connectivity index (χ0v) is 13.0. The van der Waals surface area contributed by atoms with Gasteiger partial charge in [0.1, 0.15) is 0 Å². The van der Waals surface area contributed by atoms with Gasteiger partial charge in [-0.15, -0.1) is 0 Å². The first-order valence-corrected chi connectivity index (χ1v) is 8.34. The molecule has 1 saturated heterocycles. The fourth-order valence-electron chi connectivity index (χ4n) is 2.47. The van der Waals surface area contributed by atoms with E-state index in [1.807, 2.05) is 25.6 Å². The van der Waals surface area contributed by atoms with E-state index in [4.69, 9.17) is 4.74 Å². The largest absolute Gasteiger partial charge is 0.378 e. The third kappa shape index (κ3) is 3.60. The van der Waals surface area contributed by atoms with Crippen LogP contribution in [0.15, 0.2) is 17.2 Å². The molecule has 2 N–H and O–H groups in total. The van der Waals surface area contributed by atoms with E-state index in [0.717, 1.165) is 18.5 Å². The fourth-order valence-corrected chi connectivity index (χ4v) is 3.85. The third-order valence-electron chi connectivity index (χ3n) is 3.56. The maximum Gasteiger partial charge on any atom is 0.242 e. The van der Waals surface area contributed by atoms with Gasteiger partial charge in [0.25, 0.3) is 0 Å². The molecule has 1 aromatic rings. The van der Waals surface area contributed by atoms with Gasteiger partial charge in [-0.2, -0.15) is 0 Å². The maximum absolute atomic E-state index is 12.4. The normalized spacial score (nSPS) is 23.9. The van der Waals surface area contributed by atoms with Gasteiger partial charge in [0.05, 0.1) is 11.0 Å². The predicted molar refractivity (Wildman–Crippen MR) is 76.9 cm³/mol. The molecule has 0 spiro atoms. The number of ether oxygens (including phenoxy) is 1. The summed E-state index contributed by atoms with van der Waals surface area (Å²) in [6.07, 6.45) is 3.19. The van der Waals surface area contributed by atoms with E-state index >= 15 is 0 Å². The number of nitrogens with one attached hydrogen (secondary N) is 2. The second-order valence-corrected chi connectivity index (χ2v) is 7.05. The van der Waals surface area contributed by atoms with E-state index in [9.17, 15) is 8.42 Å². The van der Waals surface area contributed by atoms with Gasteiger partial charge in [-0.1, -0.05) is 0 Å². The molecule has 2 unspecified atom stereocenters. The summed E-state index contributed by atoms with van der Waals surface area (Å²) < 4.78 is 34.8. The van der Waals surface area contributed by atoms with Crippen LogP contribution in [-0.2, 0) is 28.4 Å². The molecular formula is C13H23N3O3S. The number of aromatic nitrogens is 1. The molecule has 0 aliphatic carbocycles. The summed E-state index contributed by atoms with van der Waals surface area (Å²) in [6.45, 7) is 3.21. The Balaban J connectivity index is 2.11. The van der Waals surface area contributed by atoms with Crippen molar-refractivity contribution in [3.63, 3.8) is 0 Å². The number of rotatable bonds is 5. The van der Waals surface area contributed by atoms with Crippen molar-refractivity contribution in [1.29, 1.82) is 0 Å². The average molecular weight is 301 g/mol. The molecule has 114 valence electrons. The Morgan fingerprint density at radius 3 is 2.90 bits per heavy atom. The minimum atomic E-state index is -3.46. The van der Waals surface area contributed by atoms with E-state index in [2.05, 4.69) is 10.0 Å². The lowest BCUT2D eigenvalue weighted by Gasteiger charge is -2.27. The first kappa shape index (κ1) is 15.5. The Hall–Kier alpha value is -0.890. The Morgan fingerprint density at radius 2 is 2.25 bits per heavy atom. The lowest BCUT2D eigenvalue weighted by Crippen LogP contribution is -2.41. The van der Waals surface area contributed by atoms with E-state index < -0.39 is 10.0 Å². The number of aryl methyl sites for hydroxylation is 1. The fraction of sp³-hybridized carbons (Fsp3) is 0.692. The molecule has 1 aliphatic heterocycles. The molecular weight excluding hydrogens is 278 g/mol. The van der Waals surface area contributed by atoms with Gasteiger partial charge < -0.3 is 14.6 Å². The van der Waals surface area contributed by atoms with Crippen LogP contribution in [-0.4, -0.2) is 38.8 Å². The summed E-state index contributed by atoms with van der Waals surface area (Å²) in [5, 5.41) is 3.02. The summed E-state index contributed by atoms with van der Waals surface area (Å²) in [5.41, 5.74) is 0.938. The van der Waals surface area contributed by atoms with Gasteiger partial charge >= 0.3 is 0 Å². The monoisotopic (exact) mass is 301 g/mol. The molecule has 0 radical (unpaired) electrons. The number of hydrogen-bond acceptors (Lipinski definition) is 4. The molecule has 0 amide bonds. The van der Waals surface area contributed by atoms with Crippen molar-refractivity contribution >= 4 is 10.0 Å². The first-order valence-electron chi connectivity index (χ1n) is 6.86. The molecule has 2 heterocycles. The topological polar surface area (TPSA) is 72.4 Å². The molecule has 1 aliphatic rings. The van der Waals surface area contributed by atoms with Crippen molar-refractivity contribution in [3.05, 3.63) is 18.0 Å². The maximum atomic E-state index is 12.4. The second kappa shape index (κ2) is 6.26. The molecule has 1 aromatic heterocycles. The van der Waals surface area contributed by atoms with Crippen LogP contribution in [0.4, 0.5) is 0 Å². The van der Waals surface area contributed by atoms with Gasteiger partial charge in [-0.25, -0.2) is 13.1 Å². The summed E-state index contributed by atoms with van der Waals surface area (Å²) in [6, 6.07) is 1.67. The quantitative estimate of drug-likeness (QED) is 0.835. The van der Waals surface area contributed by atoms with Crippen molar-refractivity contribution in [2.45, 2.75) is 43.4 Å². The number of sulfonamides is 1. The zero-order valence-electron chi connectivity index (χ0n) is 12.2. The molecule has 2 rings (SSSR count). The van der Waals surface area contributed by atoms with Crippen molar-refractivity contribution in [3.8, 4) is 0 Å². The Bertz CT molecular complexity index is 553. The van der Waals surface area contributed by atoms with Crippen LogP contribution >= 0.6 is 0 Å². The average Bonchev–Trinajstić information content (AvgIpc) is 2.72. The highest BCUT2D eigenvalue weighted by Gasteiger charge is 2.26. The SMILES string of the molecule is CNCc1cc(S(=O)(=O)NC2CCOC(C)C2)cn1C.